The van der Waals surface area contributed by atoms with Crippen LogP contribution in [0.3, 0.4) is 0 Å². The van der Waals surface area contributed by atoms with E-state index in [0.717, 1.165) is 11.6 Å². The number of rotatable bonds is 7. The van der Waals surface area contributed by atoms with Gasteiger partial charge in [-0.15, -0.1) is 0 Å². The molecule has 11 nitrogen and oxygen atoms in total. The van der Waals surface area contributed by atoms with Gasteiger partial charge in [-0.25, -0.2) is 9.18 Å². The highest BCUT2D eigenvalue weighted by Gasteiger charge is 2.44. The van der Waals surface area contributed by atoms with Gasteiger partial charge in [-0.3, -0.25) is 19.5 Å². The standard InChI is InChI=1S/C27H27ClFN7O4/c1-32-13-15-7-9-18-21(11-15)36(27(39)40-17-5-3-2-4-6-17)22(14-33-26(30)31)23(18)35-25(38)24(37)34-16-8-10-19(28)20(29)12-16/h2-12,22-23,32H,13-14H2,1H3,(H,34,37)(H,35,38)(H4,30,31,33)/t22-,23+/m1/s1. The Morgan fingerprint density at radius 1 is 1.05 bits per heavy atom. The molecule has 1 aliphatic rings. The van der Waals surface area contributed by atoms with Gasteiger partial charge in [0.2, 0.25) is 0 Å². The molecule has 0 bridgehead atoms. The number of carbonyl (C=O) groups excluding carboxylic acids is 3. The van der Waals surface area contributed by atoms with Crippen LogP contribution in [0.1, 0.15) is 17.2 Å². The molecule has 3 aromatic rings. The van der Waals surface area contributed by atoms with Gasteiger partial charge in [0.05, 0.1) is 29.3 Å². The van der Waals surface area contributed by atoms with Crippen LogP contribution in [-0.4, -0.2) is 43.5 Å². The summed E-state index contributed by atoms with van der Waals surface area (Å²) in [4.78, 5) is 44.7. The van der Waals surface area contributed by atoms with Gasteiger partial charge < -0.3 is 32.2 Å². The summed E-state index contributed by atoms with van der Waals surface area (Å²) in [7, 11) is 1.78. The summed E-state index contributed by atoms with van der Waals surface area (Å²) in [5.74, 6) is -2.76. The summed E-state index contributed by atoms with van der Waals surface area (Å²) < 4.78 is 19.4. The monoisotopic (exact) mass is 567 g/mol. The number of nitrogens with zero attached hydrogens (tertiary/aromatic N) is 2. The lowest BCUT2D eigenvalue weighted by atomic mass is 10.0. The summed E-state index contributed by atoms with van der Waals surface area (Å²) in [6.07, 6.45) is -0.734. The van der Waals surface area contributed by atoms with Crippen LogP contribution in [0.2, 0.25) is 5.02 Å². The molecule has 0 unspecified atom stereocenters. The number of anilines is 2. The molecule has 13 heteroatoms. The van der Waals surface area contributed by atoms with Crippen molar-refractivity contribution in [2.45, 2.75) is 18.6 Å². The Hall–Kier alpha value is -4.68. The smallest absolute Gasteiger partial charge is 0.410 e. The lowest BCUT2D eigenvalue weighted by molar-refractivity contribution is -0.136. The molecule has 0 radical (unpaired) electrons. The van der Waals surface area contributed by atoms with Crippen molar-refractivity contribution in [2.75, 3.05) is 23.8 Å². The Morgan fingerprint density at radius 2 is 1.80 bits per heavy atom. The molecule has 0 saturated carbocycles. The number of aliphatic imine (C=N–C) groups is 1. The predicted octanol–water partition coefficient (Wildman–Crippen LogP) is 2.66. The second-order valence-corrected chi connectivity index (χ2v) is 9.25. The Bertz CT molecular complexity index is 1450. The van der Waals surface area contributed by atoms with Crippen LogP contribution in [0.4, 0.5) is 20.6 Å². The fraction of sp³-hybridized carbons (Fsp3) is 0.185. The molecule has 4 rings (SSSR count). The van der Waals surface area contributed by atoms with Gasteiger partial charge >= 0.3 is 17.9 Å². The number of guanidine groups is 1. The molecular weight excluding hydrogens is 541 g/mol. The lowest BCUT2D eigenvalue weighted by Gasteiger charge is -2.27. The van der Waals surface area contributed by atoms with E-state index in [2.05, 4.69) is 20.9 Å². The van der Waals surface area contributed by atoms with E-state index < -0.39 is 35.8 Å². The van der Waals surface area contributed by atoms with Gasteiger partial charge in [-0.1, -0.05) is 41.9 Å². The van der Waals surface area contributed by atoms with E-state index >= 15 is 0 Å². The summed E-state index contributed by atoms with van der Waals surface area (Å²) in [5.41, 5.74) is 13.1. The van der Waals surface area contributed by atoms with Gasteiger partial charge in [0.15, 0.2) is 5.96 Å². The minimum atomic E-state index is -1.05. The largest absolute Gasteiger partial charge is 0.420 e. The first-order chi connectivity index (χ1) is 19.2. The average molecular weight is 568 g/mol. The second-order valence-electron chi connectivity index (χ2n) is 8.84. The lowest BCUT2D eigenvalue weighted by Crippen LogP contribution is -2.49. The molecule has 2 atom stereocenters. The molecule has 0 aliphatic carbocycles. The third kappa shape index (κ3) is 6.47. The number of halogens is 2. The number of ether oxygens (including phenoxy) is 1. The van der Waals surface area contributed by atoms with E-state index in [9.17, 15) is 18.8 Å². The van der Waals surface area contributed by atoms with Crippen molar-refractivity contribution in [1.82, 2.24) is 10.6 Å². The van der Waals surface area contributed by atoms with E-state index in [1.54, 1.807) is 49.5 Å². The van der Waals surface area contributed by atoms with E-state index in [0.29, 0.717) is 23.5 Å². The van der Waals surface area contributed by atoms with Crippen LogP contribution in [-0.2, 0) is 16.1 Å². The second kappa shape index (κ2) is 12.5. The van der Waals surface area contributed by atoms with Gasteiger partial charge in [0, 0.05) is 17.8 Å². The number of amides is 3. The molecular formula is C27H27ClFN7O4. The molecule has 0 fully saturated rings. The fourth-order valence-electron chi connectivity index (χ4n) is 4.31. The van der Waals surface area contributed by atoms with Crippen LogP contribution in [0, 0.1) is 5.82 Å². The highest BCUT2D eigenvalue weighted by molar-refractivity contribution is 6.39. The SMILES string of the molecule is CNCc1ccc2c(c1)N(C(=O)Oc1ccccc1)[C@H](CN=C(N)N)[C@H]2NC(=O)C(=O)Nc1ccc(Cl)c(F)c1. The number of carbonyl (C=O) groups is 3. The summed E-state index contributed by atoms with van der Waals surface area (Å²) in [5, 5.41) is 7.92. The normalized spacial score (nSPS) is 15.6. The van der Waals surface area contributed by atoms with Crippen molar-refractivity contribution >= 4 is 46.8 Å². The number of para-hydroxylation sites is 1. The zero-order chi connectivity index (χ0) is 28.8. The van der Waals surface area contributed by atoms with Crippen molar-refractivity contribution in [3.05, 3.63) is 88.7 Å². The van der Waals surface area contributed by atoms with Crippen LogP contribution in [0.5, 0.6) is 5.75 Å². The summed E-state index contributed by atoms with van der Waals surface area (Å²) >= 11 is 5.69. The zero-order valence-electron chi connectivity index (χ0n) is 21.4. The Balaban J connectivity index is 1.67. The number of benzene rings is 3. The number of hydrogen-bond acceptors (Lipinski definition) is 6. The highest BCUT2D eigenvalue weighted by atomic mass is 35.5. The molecule has 0 aromatic heterocycles. The van der Waals surface area contributed by atoms with Gasteiger partial charge in [-0.2, -0.15) is 0 Å². The van der Waals surface area contributed by atoms with E-state index in [-0.39, 0.29) is 23.2 Å². The number of hydrogen-bond donors (Lipinski definition) is 5. The summed E-state index contributed by atoms with van der Waals surface area (Å²) in [6.45, 7) is 0.391. The summed E-state index contributed by atoms with van der Waals surface area (Å²) in [6, 6.07) is 15.7. The first kappa shape index (κ1) is 28.3. The molecule has 3 amide bonds. The first-order valence-corrected chi connectivity index (χ1v) is 12.5. The number of nitrogens with two attached hydrogens (primary N) is 2. The molecule has 0 saturated heterocycles. The van der Waals surface area contributed by atoms with E-state index in [1.807, 2.05) is 6.07 Å². The van der Waals surface area contributed by atoms with Gasteiger partial charge in [0.25, 0.3) is 0 Å². The zero-order valence-corrected chi connectivity index (χ0v) is 22.1. The predicted molar refractivity (Wildman–Crippen MR) is 150 cm³/mol. The molecule has 3 aromatic carbocycles. The molecule has 1 aliphatic heterocycles. The van der Waals surface area contributed by atoms with Crippen molar-refractivity contribution in [3.63, 3.8) is 0 Å². The molecule has 0 spiro atoms. The average Bonchev–Trinajstić information content (AvgIpc) is 3.22. The van der Waals surface area contributed by atoms with Gasteiger partial charge in [0.1, 0.15) is 11.6 Å². The van der Waals surface area contributed by atoms with E-state index in [1.165, 1.54) is 17.0 Å². The van der Waals surface area contributed by atoms with Gasteiger partial charge in [-0.05, 0) is 49.0 Å². The maximum Gasteiger partial charge on any atom is 0.420 e. The topological polar surface area (TPSA) is 164 Å². The highest BCUT2D eigenvalue weighted by Crippen LogP contribution is 2.41. The van der Waals surface area contributed by atoms with E-state index in [4.69, 9.17) is 27.8 Å². The van der Waals surface area contributed by atoms with Crippen LogP contribution < -0.4 is 37.1 Å². The molecule has 7 N–H and O–H groups in total. The first-order valence-electron chi connectivity index (χ1n) is 12.1. The third-order valence-electron chi connectivity index (χ3n) is 6.06. The maximum atomic E-state index is 13.8. The fourth-order valence-corrected chi connectivity index (χ4v) is 4.43. The quantitative estimate of drug-likeness (QED) is 0.166. The number of fused-ring (bicyclic) bond motifs is 1. The Labute approximate surface area is 234 Å². The Kier molecular flexibility index (Phi) is 8.82. The minimum absolute atomic E-state index is 0.0377. The molecule has 208 valence electrons. The van der Waals surface area contributed by atoms with Crippen molar-refractivity contribution < 1.29 is 23.5 Å². The van der Waals surface area contributed by atoms with Crippen molar-refractivity contribution in [1.29, 1.82) is 0 Å². The van der Waals surface area contributed by atoms with Crippen LogP contribution >= 0.6 is 11.6 Å². The van der Waals surface area contributed by atoms with Crippen LogP contribution in [0.25, 0.3) is 0 Å². The number of nitrogens with one attached hydrogen (secondary N) is 3. The maximum absolute atomic E-state index is 13.8. The van der Waals surface area contributed by atoms with Crippen LogP contribution in [0.15, 0.2) is 71.7 Å². The molecule has 1 heterocycles. The van der Waals surface area contributed by atoms with Crippen molar-refractivity contribution in [3.8, 4) is 5.75 Å². The third-order valence-corrected chi connectivity index (χ3v) is 6.37. The minimum Gasteiger partial charge on any atom is -0.410 e. The molecule has 40 heavy (non-hydrogen) atoms. The Morgan fingerprint density at radius 3 is 2.48 bits per heavy atom. The van der Waals surface area contributed by atoms with Crippen molar-refractivity contribution in [2.24, 2.45) is 16.5 Å².